The van der Waals surface area contributed by atoms with Gasteiger partial charge < -0.3 is 19.7 Å². The van der Waals surface area contributed by atoms with E-state index in [0.717, 1.165) is 25.1 Å². The van der Waals surface area contributed by atoms with Crippen molar-refractivity contribution in [3.8, 4) is 11.5 Å². The number of carbonyl (C=O) groups is 1. The molecular weight excluding hydrogens is 268 g/mol. The zero-order valence-corrected chi connectivity index (χ0v) is 13.2. The molecule has 1 aliphatic rings. The first kappa shape index (κ1) is 15.6. The zero-order chi connectivity index (χ0) is 15.4. The fourth-order valence-electron chi connectivity index (χ4n) is 2.29. The van der Waals surface area contributed by atoms with Gasteiger partial charge in [-0.2, -0.15) is 0 Å². The van der Waals surface area contributed by atoms with Gasteiger partial charge in [0, 0.05) is 32.6 Å². The summed E-state index contributed by atoms with van der Waals surface area (Å²) in [6, 6.07) is 6.25. The van der Waals surface area contributed by atoms with Crippen LogP contribution in [0.15, 0.2) is 18.2 Å². The maximum absolute atomic E-state index is 11.9. The maximum Gasteiger partial charge on any atom is 0.263 e. The Morgan fingerprint density at radius 3 is 2.71 bits per heavy atom. The molecule has 1 aliphatic heterocycles. The molecule has 0 aromatic heterocycles. The maximum atomic E-state index is 11.9. The Bertz CT molecular complexity index is 502. The van der Waals surface area contributed by atoms with Gasteiger partial charge in [-0.3, -0.25) is 4.79 Å². The lowest BCUT2D eigenvalue weighted by Crippen LogP contribution is -2.29. The Morgan fingerprint density at radius 1 is 1.38 bits per heavy atom. The lowest BCUT2D eigenvalue weighted by molar-refractivity contribution is -0.132. The van der Waals surface area contributed by atoms with Crippen LogP contribution in [0.25, 0.3) is 0 Å². The number of hydrogen-bond acceptors (Lipinski definition) is 4. The highest BCUT2D eigenvalue weighted by Crippen LogP contribution is 2.30. The molecule has 1 saturated heterocycles. The molecule has 21 heavy (non-hydrogen) atoms. The van der Waals surface area contributed by atoms with Gasteiger partial charge in [-0.25, -0.2) is 0 Å². The van der Waals surface area contributed by atoms with Gasteiger partial charge in [-0.05, 0) is 17.7 Å². The molecule has 1 amide bonds. The molecule has 1 atom stereocenters. The third-order valence-electron chi connectivity index (χ3n) is 3.59. The number of methoxy groups -OCH3 is 1. The predicted molar refractivity (Wildman–Crippen MR) is 81.6 cm³/mol. The molecule has 0 spiro atoms. The molecule has 1 aromatic carbocycles. The summed E-state index contributed by atoms with van der Waals surface area (Å²) < 4.78 is 11.2. The fourth-order valence-corrected chi connectivity index (χ4v) is 2.29. The van der Waals surface area contributed by atoms with E-state index in [1.165, 1.54) is 0 Å². The summed E-state index contributed by atoms with van der Waals surface area (Å²) in [7, 11) is 3.41. The van der Waals surface area contributed by atoms with Crippen LogP contribution in [-0.2, 0) is 11.3 Å². The summed E-state index contributed by atoms with van der Waals surface area (Å²) in [5.74, 6) is 1.32. The molecule has 0 bridgehead atoms. The van der Waals surface area contributed by atoms with E-state index in [9.17, 15) is 4.79 Å². The van der Waals surface area contributed by atoms with Crippen LogP contribution in [0, 0.1) is 0 Å². The van der Waals surface area contributed by atoms with Gasteiger partial charge in [-0.15, -0.1) is 0 Å². The van der Waals surface area contributed by atoms with Crippen molar-refractivity contribution < 1.29 is 14.3 Å². The number of amides is 1. The van der Waals surface area contributed by atoms with Crippen molar-refractivity contribution in [3.05, 3.63) is 23.8 Å². The quantitative estimate of drug-likeness (QED) is 0.868. The van der Waals surface area contributed by atoms with E-state index < -0.39 is 6.10 Å². The number of likely N-dealkylation sites (N-methyl/N-ethyl adjacent to an activating group) is 1. The number of likely N-dealkylation sites (tertiary alicyclic amines) is 1. The highest BCUT2D eigenvalue weighted by molar-refractivity contribution is 5.83. The first-order valence-electron chi connectivity index (χ1n) is 7.33. The summed E-state index contributed by atoms with van der Waals surface area (Å²) >= 11 is 0. The molecule has 1 unspecified atom stereocenters. The molecule has 5 nitrogen and oxygen atoms in total. The van der Waals surface area contributed by atoms with Gasteiger partial charge in [0.05, 0.1) is 7.11 Å². The average Bonchev–Trinajstić information content (AvgIpc) is 2.78. The van der Waals surface area contributed by atoms with Gasteiger partial charge in [0.1, 0.15) is 0 Å². The van der Waals surface area contributed by atoms with Crippen LogP contribution in [0.3, 0.4) is 0 Å². The van der Waals surface area contributed by atoms with Crippen LogP contribution in [0.5, 0.6) is 11.5 Å². The standard InChI is InChI=1S/C16H24N2O3/c1-11(2)17-10-12-5-6-13(15(9-12)20-4)21-14-7-8-18(3)16(14)19/h5-6,9,11,14,17H,7-8,10H2,1-4H3. The summed E-state index contributed by atoms with van der Waals surface area (Å²) in [5.41, 5.74) is 1.13. The molecule has 0 aliphatic carbocycles. The minimum absolute atomic E-state index is 0.0302. The number of nitrogens with one attached hydrogen (secondary N) is 1. The molecule has 0 saturated carbocycles. The first-order valence-corrected chi connectivity index (χ1v) is 7.33. The monoisotopic (exact) mass is 292 g/mol. The number of ether oxygens (including phenoxy) is 2. The van der Waals surface area contributed by atoms with Crippen molar-refractivity contribution in [2.24, 2.45) is 0 Å². The number of benzene rings is 1. The normalized spacial score (nSPS) is 18.4. The van der Waals surface area contributed by atoms with E-state index in [2.05, 4.69) is 19.2 Å². The van der Waals surface area contributed by atoms with E-state index in [-0.39, 0.29) is 5.91 Å². The number of nitrogens with zero attached hydrogens (tertiary/aromatic N) is 1. The molecule has 1 heterocycles. The smallest absolute Gasteiger partial charge is 0.263 e. The number of rotatable bonds is 6. The summed E-state index contributed by atoms with van der Waals surface area (Å²) in [5, 5.41) is 3.36. The average molecular weight is 292 g/mol. The molecule has 1 fully saturated rings. The van der Waals surface area contributed by atoms with E-state index in [4.69, 9.17) is 9.47 Å². The third kappa shape index (κ3) is 3.88. The van der Waals surface area contributed by atoms with Gasteiger partial charge >= 0.3 is 0 Å². The van der Waals surface area contributed by atoms with E-state index in [1.54, 1.807) is 19.1 Å². The van der Waals surface area contributed by atoms with Crippen LogP contribution < -0.4 is 14.8 Å². The number of hydrogen-bond donors (Lipinski definition) is 1. The van der Waals surface area contributed by atoms with Crippen LogP contribution >= 0.6 is 0 Å². The largest absolute Gasteiger partial charge is 0.493 e. The first-order chi connectivity index (χ1) is 10.0. The van der Waals surface area contributed by atoms with Gasteiger partial charge in [-0.1, -0.05) is 19.9 Å². The zero-order valence-electron chi connectivity index (χ0n) is 13.2. The van der Waals surface area contributed by atoms with Crippen molar-refractivity contribution in [1.29, 1.82) is 0 Å². The second-order valence-electron chi connectivity index (χ2n) is 5.68. The van der Waals surface area contributed by atoms with E-state index in [1.807, 2.05) is 18.2 Å². The SMILES string of the molecule is COc1cc(CNC(C)C)ccc1OC1CCN(C)C1=O. The second-order valence-corrected chi connectivity index (χ2v) is 5.68. The number of carbonyl (C=O) groups excluding carboxylic acids is 1. The van der Waals surface area contributed by atoms with Crippen molar-refractivity contribution in [3.63, 3.8) is 0 Å². The second kappa shape index (κ2) is 6.80. The highest BCUT2D eigenvalue weighted by Gasteiger charge is 2.31. The van der Waals surface area contributed by atoms with E-state index >= 15 is 0 Å². The van der Waals surface area contributed by atoms with Crippen molar-refractivity contribution >= 4 is 5.91 Å². The third-order valence-corrected chi connectivity index (χ3v) is 3.59. The van der Waals surface area contributed by atoms with Crippen LogP contribution in [0.2, 0.25) is 0 Å². The molecule has 1 aromatic rings. The molecule has 0 radical (unpaired) electrons. The van der Waals surface area contributed by atoms with Crippen molar-refractivity contribution in [2.45, 2.75) is 39.0 Å². The van der Waals surface area contributed by atoms with Gasteiger partial charge in [0.15, 0.2) is 17.6 Å². The molecule has 116 valence electrons. The Balaban J connectivity index is 2.07. The molecule has 5 heteroatoms. The molecular formula is C16H24N2O3. The fraction of sp³-hybridized carbons (Fsp3) is 0.562. The van der Waals surface area contributed by atoms with Crippen LogP contribution in [-0.4, -0.2) is 43.7 Å². The van der Waals surface area contributed by atoms with Crippen molar-refractivity contribution in [2.75, 3.05) is 20.7 Å². The molecule has 2 rings (SSSR count). The lowest BCUT2D eigenvalue weighted by Gasteiger charge is -2.16. The van der Waals surface area contributed by atoms with E-state index in [0.29, 0.717) is 17.5 Å². The Hall–Kier alpha value is -1.75. The van der Waals surface area contributed by atoms with Crippen LogP contribution in [0.1, 0.15) is 25.8 Å². The topological polar surface area (TPSA) is 50.8 Å². The Kier molecular flexibility index (Phi) is 5.07. The highest BCUT2D eigenvalue weighted by atomic mass is 16.5. The summed E-state index contributed by atoms with van der Waals surface area (Å²) in [6.07, 6.45) is 0.318. The molecule has 1 N–H and O–H groups in total. The minimum atomic E-state index is -0.400. The lowest BCUT2D eigenvalue weighted by atomic mass is 10.2. The summed E-state index contributed by atoms with van der Waals surface area (Å²) in [6.45, 7) is 5.73. The Labute approximate surface area is 126 Å². The van der Waals surface area contributed by atoms with Gasteiger partial charge in [0.25, 0.3) is 5.91 Å². The predicted octanol–water partition coefficient (Wildman–Crippen LogP) is 1.80. The van der Waals surface area contributed by atoms with Crippen molar-refractivity contribution in [1.82, 2.24) is 10.2 Å². The van der Waals surface area contributed by atoms with Crippen LogP contribution in [0.4, 0.5) is 0 Å². The minimum Gasteiger partial charge on any atom is -0.493 e. The Morgan fingerprint density at radius 2 is 2.14 bits per heavy atom. The summed E-state index contributed by atoms with van der Waals surface area (Å²) in [4.78, 5) is 13.6. The van der Waals surface area contributed by atoms with Gasteiger partial charge in [0.2, 0.25) is 0 Å².